The van der Waals surface area contributed by atoms with Crippen molar-refractivity contribution in [2.24, 2.45) is 0 Å². The summed E-state index contributed by atoms with van der Waals surface area (Å²) in [5, 5.41) is 0. The molecule has 10 nitrogen and oxygen atoms in total. The lowest BCUT2D eigenvalue weighted by Gasteiger charge is -2.19. The van der Waals surface area contributed by atoms with Crippen molar-refractivity contribution in [3.63, 3.8) is 0 Å². The van der Waals surface area contributed by atoms with Crippen LogP contribution in [0.25, 0.3) is 0 Å². The molecule has 2 aromatic carbocycles. The molecule has 0 bridgehead atoms. The first-order valence-electron chi connectivity index (χ1n) is 10.7. The maximum Gasteiger partial charge on any atom is 0.354 e. The first-order chi connectivity index (χ1) is 16.3. The number of ether oxygens (including phenoxy) is 3. The summed E-state index contributed by atoms with van der Waals surface area (Å²) in [4.78, 5) is 44.9. The van der Waals surface area contributed by atoms with E-state index in [9.17, 15) is 14.4 Å². The van der Waals surface area contributed by atoms with E-state index < -0.39 is 36.1 Å². The lowest BCUT2D eigenvalue weighted by molar-refractivity contribution is -0.0584. The number of hydrogen-bond donors (Lipinski definition) is 1. The summed E-state index contributed by atoms with van der Waals surface area (Å²) in [5.74, 6) is -1.25. The summed E-state index contributed by atoms with van der Waals surface area (Å²) in [6.07, 6.45) is -1.06. The number of carbonyl (C=O) groups excluding carboxylic acids is 2. The fraction of sp³-hybridized carbons (Fsp3) is 0.292. The van der Waals surface area contributed by atoms with Gasteiger partial charge in [-0.2, -0.15) is 4.98 Å². The largest absolute Gasteiger partial charge is 0.459 e. The van der Waals surface area contributed by atoms with E-state index in [2.05, 4.69) is 9.97 Å². The Morgan fingerprint density at radius 3 is 2.21 bits per heavy atom. The van der Waals surface area contributed by atoms with Gasteiger partial charge in [0.25, 0.3) is 0 Å². The summed E-state index contributed by atoms with van der Waals surface area (Å²) in [6.45, 7) is 3.65. The Morgan fingerprint density at radius 2 is 1.62 bits per heavy atom. The van der Waals surface area contributed by atoms with Gasteiger partial charge in [-0.25, -0.2) is 19.4 Å². The number of carbonyl (C=O) groups is 2. The summed E-state index contributed by atoms with van der Waals surface area (Å²) >= 11 is 0. The molecule has 3 unspecified atom stereocenters. The van der Waals surface area contributed by atoms with Crippen LogP contribution in [0.3, 0.4) is 0 Å². The zero-order valence-corrected chi connectivity index (χ0v) is 18.7. The standard InChI is InChI=1S/C24H24N4O6/c1-14-3-7-16(8-4-14)21(29)32-12-19-18(34-22(30)17-9-5-15(2)6-10-17)11-20(33-19)28-13-26-23(25)27-24(28)31/h3-10,13,18-20H,11-12H2,1-2H3,(H2,25,27,31). The summed E-state index contributed by atoms with van der Waals surface area (Å²) in [5.41, 5.74) is 7.58. The van der Waals surface area contributed by atoms with Crippen LogP contribution in [0, 0.1) is 13.8 Å². The molecule has 0 amide bonds. The second-order valence-corrected chi connectivity index (χ2v) is 8.04. The van der Waals surface area contributed by atoms with E-state index >= 15 is 0 Å². The van der Waals surface area contributed by atoms with Crippen molar-refractivity contribution in [2.45, 2.75) is 38.7 Å². The Balaban J connectivity index is 1.50. The fourth-order valence-corrected chi connectivity index (χ4v) is 3.52. The number of nitrogens with two attached hydrogens (primary N) is 1. The third-order valence-corrected chi connectivity index (χ3v) is 5.45. The van der Waals surface area contributed by atoms with Crippen molar-refractivity contribution in [1.29, 1.82) is 0 Å². The molecule has 2 N–H and O–H groups in total. The molecule has 176 valence electrons. The number of aromatic nitrogens is 3. The van der Waals surface area contributed by atoms with Crippen LogP contribution in [0.2, 0.25) is 0 Å². The van der Waals surface area contributed by atoms with E-state index in [1.165, 1.54) is 6.33 Å². The second-order valence-electron chi connectivity index (χ2n) is 8.04. The highest BCUT2D eigenvalue weighted by molar-refractivity contribution is 5.90. The lowest BCUT2D eigenvalue weighted by atomic mass is 10.1. The molecule has 1 saturated heterocycles. The van der Waals surface area contributed by atoms with Crippen LogP contribution in [0.1, 0.15) is 44.5 Å². The van der Waals surface area contributed by atoms with Crippen LogP contribution in [0.15, 0.2) is 59.7 Å². The van der Waals surface area contributed by atoms with Crippen LogP contribution in [0.4, 0.5) is 5.95 Å². The first kappa shape index (κ1) is 23.1. The molecule has 2 heterocycles. The summed E-state index contributed by atoms with van der Waals surface area (Å²) in [6, 6.07) is 13.9. The van der Waals surface area contributed by atoms with Gasteiger partial charge in [0.1, 0.15) is 31.4 Å². The number of nitrogens with zero attached hydrogens (tertiary/aromatic N) is 3. The average molecular weight is 464 g/mol. The normalized spacial score (nSPS) is 19.5. The number of aryl methyl sites for hydroxylation is 2. The fourth-order valence-electron chi connectivity index (χ4n) is 3.52. The predicted molar refractivity (Wildman–Crippen MR) is 121 cm³/mol. The van der Waals surface area contributed by atoms with Crippen LogP contribution in [0.5, 0.6) is 0 Å². The summed E-state index contributed by atoms with van der Waals surface area (Å²) < 4.78 is 18.2. The predicted octanol–water partition coefficient (Wildman–Crippen LogP) is 2.21. The van der Waals surface area contributed by atoms with E-state index in [1.807, 2.05) is 13.8 Å². The Hall–Kier alpha value is -4.05. The van der Waals surface area contributed by atoms with Crippen LogP contribution >= 0.6 is 0 Å². The van der Waals surface area contributed by atoms with Gasteiger partial charge in [-0.05, 0) is 38.1 Å². The number of benzene rings is 2. The van der Waals surface area contributed by atoms with Crippen molar-refractivity contribution in [3.05, 3.63) is 87.6 Å². The smallest absolute Gasteiger partial charge is 0.354 e. The Bertz CT molecular complexity index is 1240. The van der Waals surface area contributed by atoms with Gasteiger partial charge in [-0.1, -0.05) is 35.4 Å². The molecule has 0 spiro atoms. The molecule has 34 heavy (non-hydrogen) atoms. The molecule has 1 aromatic heterocycles. The van der Waals surface area contributed by atoms with Crippen LogP contribution in [-0.4, -0.2) is 45.3 Å². The Kier molecular flexibility index (Phi) is 6.69. The topological polar surface area (TPSA) is 136 Å². The first-order valence-corrected chi connectivity index (χ1v) is 10.7. The molecule has 0 aliphatic carbocycles. The minimum absolute atomic E-state index is 0.136. The molecule has 3 atom stereocenters. The minimum Gasteiger partial charge on any atom is -0.459 e. The molecule has 10 heteroatoms. The Labute approximate surface area is 195 Å². The highest BCUT2D eigenvalue weighted by atomic mass is 16.6. The summed E-state index contributed by atoms with van der Waals surface area (Å²) in [7, 11) is 0. The van der Waals surface area contributed by atoms with Crippen LogP contribution in [-0.2, 0) is 14.2 Å². The lowest BCUT2D eigenvalue weighted by Crippen LogP contribution is -2.32. The zero-order chi connectivity index (χ0) is 24.2. The van der Waals surface area contributed by atoms with E-state index in [-0.39, 0.29) is 19.0 Å². The number of hydrogen-bond acceptors (Lipinski definition) is 9. The van der Waals surface area contributed by atoms with Gasteiger partial charge in [-0.15, -0.1) is 0 Å². The van der Waals surface area contributed by atoms with E-state index in [0.717, 1.165) is 15.7 Å². The van der Waals surface area contributed by atoms with Crippen molar-refractivity contribution in [2.75, 3.05) is 12.3 Å². The van der Waals surface area contributed by atoms with Gasteiger partial charge in [0, 0.05) is 6.42 Å². The molecular formula is C24H24N4O6. The molecule has 1 aliphatic rings. The number of anilines is 1. The highest BCUT2D eigenvalue weighted by Crippen LogP contribution is 2.31. The van der Waals surface area contributed by atoms with Crippen LogP contribution < -0.4 is 11.4 Å². The monoisotopic (exact) mass is 464 g/mol. The van der Waals surface area contributed by atoms with Gasteiger partial charge in [-0.3, -0.25) is 4.57 Å². The van der Waals surface area contributed by atoms with Gasteiger partial charge in [0.05, 0.1) is 11.1 Å². The van der Waals surface area contributed by atoms with Gasteiger partial charge < -0.3 is 19.9 Å². The third-order valence-electron chi connectivity index (χ3n) is 5.45. The molecule has 1 aliphatic heterocycles. The molecular weight excluding hydrogens is 440 g/mol. The van der Waals surface area contributed by atoms with Gasteiger partial charge in [0.2, 0.25) is 5.95 Å². The highest BCUT2D eigenvalue weighted by Gasteiger charge is 2.40. The molecule has 0 radical (unpaired) electrons. The number of nitrogen functional groups attached to an aromatic ring is 1. The van der Waals surface area contributed by atoms with Crippen molar-refractivity contribution >= 4 is 17.9 Å². The number of rotatable bonds is 6. The van der Waals surface area contributed by atoms with Crippen molar-refractivity contribution < 1.29 is 23.8 Å². The quantitative estimate of drug-likeness (QED) is 0.545. The zero-order valence-electron chi connectivity index (χ0n) is 18.7. The second kappa shape index (κ2) is 9.84. The minimum atomic E-state index is -0.827. The average Bonchev–Trinajstić information content (AvgIpc) is 3.20. The molecule has 4 rings (SSSR count). The SMILES string of the molecule is Cc1ccc(C(=O)OCC2OC(n3cnc(N)nc3=O)CC2OC(=O)c2ccc(C)cc2)cc1. The maximum absolute atomic E-state index is 12.7. The van der Waals surface area contributed by atoms with Gasteiger partial charge >= 0.3 is 17.6 Å². The molecule has 1 fully saturated rings. The van der Waals surface area contributed by atoms with Crippen molar-refractivity contribution in [3.8, 4) is 0 Å². The molecule has 0 saturated carbocycles. The van der Waals surface area contributed by atoms with E-state index in [4.69, 9.17) is 19.9 Å². The van der Waals surface area contributed by atoms with E-state index in [1.54, 1.807) is 48.5 Å². The maximum atomic E-state index is 12.7. The number of esters is 2. The van der Waals surface area contributed by atoms with E-state index in [0.29, 0.717) is 11.1 Å². The van der Waals surface area contributed by atoms with Crippen molar-refractivity contribution in [1.82, 2.24) is 14.5 Å². The third kappa shape index (κ3) is 5.29. The Morgan fingerprint density at radius 1 is 1.03 bits per heavy atom. The van der Waals surface area contributed by atoms with Gasteiger partial charge in [0.15, 0.2) is 0 Å². The molecule has 3 aromatic rings.